The summed E-state index contributed by atoms with van der Waals surface area (Å²) in [7, 11) is 0. The van der Waals surface area contributed by atoms with Gasteiger partial charge in [0.15, 0.2) is 5.78 Å². The van der Waals surface area contributed by atoms with Crippen LogP contribution in [0.4, 0.5) is 8.78 Å². The molecule has 0 bridgehead atoms. The number of Topliss-reactive ketones (excluding diaryl/α,β-unsaturated/α-hetero) is 1. The Kier molecular flexibility index (Phi) is 4.38. The van der Waals surface area contributed by atoms with Gasteiger partial charge in [-0.15, -0.1) is 0 Å². The zero-order valence-electron chi connectivity index (χ0n) is 9.92. The maximum Gasteiger partial charge on any atom is 0.194 e. The highest BCUT2D eigenvalue weighted by Gasteiger charge is 2.20. The van der Waals surface area contributed by atoms with E-state index in [2.05, 4.69) is 5.32 Å². The van der Waals surface area contributed by atoms with E-state index in [4.69, 9.17) is 4.74 Å². The molecule has 0 saturated carbocycles. The lowest BCUT2D eigenvalue weighted by Gasteiger charge is -2.22. The van der Waals surface area contributed by atoms with E-state index >= 15 is 0 Å². The molecule has 1 heterocycles. The second kappa shape index (κ2) is 6.02. The number of ether oxygens (including phenoxy) is 1. The van der Waals surface area contributed by atoms with Gasteiger partial charge in [0.05, 0.1) is 11.7 Å². The van der Waals surface area contributed by atoms with Crippen LogP contribution in [0.2, 0.25) is 0 Å². The molecular formula is C13H15F2NO2. The second-order valence-electron chi connectivity index (χ2n) is 4.28. The lowest BCUT2D eigenvalue weighted by atomic mass is 10.1. The Balaban J connectivity index is 1.95. The molecule has 2 rings (SSSR count). The molecule has 1 fully saturated rings. The summed E-state index contributed by atoms with van der Waals surface area (Å²) in [6, 6.07) is 3.37. The number of ketones is 1. The summed E-state index contributed by atoms with van der Waals surface area (Å²) < 4.78 is 32.1. The Morgan fingerprint density at radius 3 is 2.50 bits per heavy atom. The number of hydrogen-bond acceptors (Lipinski definition) is 3. The van der Waals surface area contributed by atoms with Crippen LogP contribution >= 0.6 is 0 Å². The third-order valence-corrected chi connectivity index (χ3v) is 2.98. The number of nitrogens with one attached hydrogen (secondary N) is 1. The molecular weight excluding hydrogens is 240 g/mol. The molecule has 0 spiro atoms. The van der Waals surface area contributed by atoms with Crippen molar-refractivity contribution in [3.05, 3.63) is 35.4 Å². The van der Waals surface area contributed by atoms with Gasteiger partial charge in [-0.2, -0.15) is 0 Å². The van der Waals surface area contributed by atoms with Crippen molar-refractivity contribution in [2.75, 3.05) is 19.7 Å². The van der Waals surface area contributed by atoms with Crippen molar-refractivity contribution in [2.24, 2.45) is 0 Å². The molecule has 3 nitrogen and oxygen atoms in total. The van der Waals surface area contributed by atoms with Crippen LogP contribution < -0.4 is 5.32 Å². The van der Waals surface area contributed by atoms with E-state index in [0.29, 0.717) is 0 Å². The Labute approximate surface area is 104 Å². The Morgan fingerprint density at radius 2 is 1.89 bits per heavy atom. The van der Waals surface area contributed by atoms with Crippen LogP contribution in [0.5, 0.6) is 0 Å². The summed E-state index contributed by atoms with van der Waals surface area (Å²) in [5, 5.41) is 3.17. The summed E-state index contributed by atoms with van der Waals surface area (Å²) in [4.78, 5) is 11.7. The third kappa shape index (κ3) is 3.11. The lowest BCUT2D eigenvalue weighted by molar-refractivity contribution is 0.0313. The Hall–Kier alpha value is -1.33. The van der Waals surface area contributed by atoms with E-state index in [1.807, 2.05) is 0 Å². The predicted octanol–water partition coefficient (Wildman–Crippen LogP) is 1.92. The first-order chi connectivity index (χ1) is 8.68. The molecule has 0 aliphatic carbocycles. The predicted molar refractivity (Wildman–Crippen MR) is 62.5 cm³/mol. The Morgan fingerprint density at radius 1 is 1.28 bits per heavy atom. The van der Waals surface area contributed by atoms with Gasteiger partial charge < -0.3 is 10.1 Å². The molecule has 98 valence electrons. The number of carbonyl (C=O) groups excluding carboxylic acids is 1. The standard InChI is InChI=1S/C13H15F2NO2/c14-10-2-1-3-11(15)13(10)12(17)8-18-9-4-6-16-7-5-9/h1-3,9,16H,4-8H2. The summed E-state index contributed by atoms with van der Waals surface area (Å²) in [5.41, 5.74) is -0.508. The quantitative estimate of drug-likeness (QED) is 0.835. The van der Waals surface area contributed by atoms with Crippen LogP contribution in [-0.4, -0.2) is 31.6 Å². The monoisotopic (exact) mass is 255 g/mol. The van der Waals surface area contributed by atoms with Crippen molar-refractivity contribution in [1.82, 2.24) is 5.32 Å². The van der Waals surface area contributed by atoms with Crippen molar-refractivity contribution in [3.8, 4) is 0 Å². The van der Waals surface area contributed by atoms with Gasteiger partial charge in [-0.3, -0.25) is 4.79 Å². The molecule has 0 amide bonds. The lowest BCUT2D eigenvalue weighted by Crippen LogP contribution is -2.33. The van der Waals surface area contributed by atoms with Crippen LogP contribution in [-0.2, 0) is 4.74 Å². The smallest absolute Gasteiger partial charge is 0.194 e. The second-order valence-corrected chi connectivity index (χ2v) is 4.28. The summed E-state index contributed by atoms with van der Waals surface area (Å²) in [6.07, 6.45) is 1.62. The SMILES string of the molecule is O=C(COC1CCNCC1)c1c(F)cccc1F. The zero-order chi connectivity index (χ0) is 13.0. The van der Waals surface area contributed by atoms with Gasteiger partial charge in [0.2, 0.25) is 0 Å². The van der Waals surface area contributed by atoms with Gasteiger partial charge in [0.1, 0.15) is 18.2 Å². The normalized spacial score (nSPS) is 16.8. The molecule has 5 heteroatoms. The fourth-order valence-electron chi connectivity index (χ4n) is 1.99. The van der Waals surface area contributed by atoms with Crippen LogP contribution in [0.1, 0.15) is 23.2 Å². The molecule has 1 aliphatic rings. The third-order valence-electron chi connectivity index (χ3n) is 2.98. The molecule has 18 heavy (non-hydrogen) atoms. The molecule has 1 N–H and O–H groups in total. The van der Waals surface area contributed by atoms with Gasteiger partial charge in [0, 0.05) is 0 Å². The topological polar surface area (TPSA) is 38.3 Å². The fourth-order valence-corrected chi connectivity index (χ4v) is 1.99. The van der Waals surface area contributed by atoms with Gasteiger partial charge >= 0.3 is 0 Å². The molecule has 0 radical (unpaired) electrons. The van der Waals surface area contributed by atoms with Crippen molar-refractivity contribution in [2.45, 2.75) is 18.9 Å². The molecule has 1 saturated heterocycles. The average molecular weight is 255 g/mol. The molecule has 0 unspecified atom stereocenters. The number of benzene rings is 1. The molecule has 1 aromatic rings. The highest BCUT2D eigenvalue weighted by atomic mass is 19.1. The van der Waals surface area contributed by atoms with Crippen molar-refractivity contribution in [1.29, 1.82) is 0 Å². The van der Waals surface area contributed by atoms with Crippen LogP contribution in [0.25, 0.3) is 0 Å². The molecule has 1 aliphatic heterocycles. The van der Waals surface area contributed by atoms with Crippen LogP contribution in [0, 0.1) is 11.6 Å². The average Bonchev–Trinajstić information content (AvgIpc) is 2.37. The fraction of sp³-hybridized carbons (Fsp3) is 0.462. The highest BCUT2D eigenvalue weighted by molar-refractivity contribution is 5.97. The number of halogens is 2. The summed E-state index contributed by atoms with van der Waals surface area (Å²) in [6.45, 7) is 1.41. The summed E-state index contributed by atoms with van der Waals surface area (Å²) in [5.74, 6) is -2.33. The van der Waals surface area contributed by atoms with Crippen LogP contribution in [0.15, 0.2) is 18.2 Å². The zero-order valence-corrected chi connectivity index (χ0v) is 9.92. The minimum atomic E-state index is -0.839. The molecule has 1 aromatic carbocycles. The van der Waals surface area contributed by atoms with Crippen molar-refractivity contribution in [3.63, 3.8) is 0 Å². The molecule has 0 aromatic heterocycles. The number of piperidine rings is 1. The minimum absolute atomic E-state index is 0.00923. The molecule has 0 atom stereocenters. The number of hydrogen-bond donors (Lipinski definition) is 1. The van der Waals surface area contributed by atoms with E-state index in [1.165, 1.54) is 6.07 Å². The minimum Gasteiger partial charge on any atom is -0.370 e. The van der Waals surface area contributed by atoms with E-state index in [0.717, 1.165) is 38.1 Å². The highest BCUT2D eigenvalue weighted by Crippen LogP contribution is 2.14. The van der Waals surface area contributed by atoms with Crippen molar-refractivity contribution >= 4 is 5.78 Å². The Bertz CT molecular complexity index is 411. The number of rotatable bonds is 4. The van der Waals surface area contributed by atoms with E-state index in [1.54, 1.807) is 0 Å². The maximum atomic E-state index is 13.3. The van der Waals surface area contributed by atoms with Gasteiger partial charge in [-0.05, 0) is 38.1 Å². The van der Waals surface area contributed by atoms with E-state index < -0.39 is 23.0 Å². The van der Waals surface area contributed by atoms with Crippen LogP contribution in [0.3, 0.4) is 0 Å². The first kappa shape index (κ1) is 13.1. The largest absolute Gasteiger partial charge is 0.370 e. The van der Waals surface area contributed by atoms with Crippen molar-refractivity contribution < 1.29 is 18.3 Å². The van der Waals surface area contributed by atoms with E-state index in [-0.39, 0.29) is 12.7 Å². The first-order valence-corrected chi connectivity index (χ1v) is 5.98. The van der Waals surface area contributed by atoms with Gasteiger partial charge in [-0.25, -0.2) is 8.78 Å². The van der Waals surface area contributed by atoms with Gasteiger partial charge in [-0.1, -0.05) is 6.07 Å². The first-order valence-electron chi connectivity index (χ1n) is 5.98. The maximum absolute atomic E-state index is 13.3. The van der Waals surface area contributed by atoms with E-state index in [9.17, 15) is 13.6 Å². The number of carbonyl (C=O) groups is 1. The van der Waals surface area contributed by atoms with Gasteiger partial charge in [0.25, 0.3) is 0 Å². The summed E-state index contributed by atoms with van der Waals surface area (Å²) >= 11 is 0.